The fourth-order valence-corrected chi connectivity index (χ4v) is 5.09. The van der Waals surface area contributed by atoms with Gasteiger partial charge in [0.05, 0.1) is 39.2 Å². The number of nitrogens with one attached hydrogen (secondary N) is 1. The molecule has 3 rings (SSSR count). The van der Waals surface area contributed by atoms with E-state index in [0.29, 0.717) is 44.3 Å². The molecule has 1 N–H and O–H groups in total. The van der Waals surface area contributed by atoms with Crippen molar-refractivity contribution in [2.45, 2.75) is 18.9 Å². The number of urea groups is 1. The van der Waals surface area contributed by atoms with Gasteiger partial charge < -0.3 is 24.4 Å². The highest BCUT2D eigenvalue weighted by Crippen LogP contribution is 2.38. The molecule has 2 aliphatic rings. The summed E-state index contributed by atoms with van der Waals surface area (Å²) in [6.45, 7) is 2.22. The highest BCUT2D eigenvalue weighted by molar-refractivity contribution is 7.89. The van der Waals surface area contributed by atoms with E-state index in [0.717, 1.165) is 18.4 Å². The second-order valence-corrected chi connectivity index (χ2v) is 9.11. The highest BCUT2D eigenvalue weighted by atomic mass is 32.2. The van der Waals surface area contributed by atoms with Gasteiger partial charge in [-0.05, 0) is 25.0 Å². The van der Waals surface area contributed by atoms with Gasteiger partial charge in [0.2, 0.25) is 10.0 Å². The van der Waals surface area contributed by atoms with Crippen molar-refractivity contribution < 1.29 is 27.4 Å². The lowest BCUT2D eigenvalue weighted by atomic mass is 10.0. The maximum absolute atomic E-state index is 12.7. The molecule has 29 heavy (non-hydrogen) atoms. The van der Waals surface area contributed by atoms with E-state index in [9.17, 15) is 13.2 Å². The van der Waals surface area contributed by atoms with Crippen LogP contribution in [0.25, 0.3) is 0 Å². The summed E-state index contributed by atoms with van der Waals surface area (Å²) in [4.78, 5) is 14.5. The minimum Gasteiger partial charge on any atom is -0.497 e. The molecule has 9 nitrogen and oxygen atoms in total. The Morgan fingerprint density at radius 3 is 2.66 bits per heavy atom. The van der Waals surface area contributed by atoms with E-state index in [1.807, 2.05) is 12.1 Å². The number of nitrogens with zero attached hydrogens (tertiary/aromatic N) is 2. The molecule has 1 unspecified atom stereocenters. The van der Waals surface area contributed by atoms with Crippen LogP contribution in [0.2, 0.25) is 0 Å². The zero-order valence-electron chi connectivity index (χ0n) is 16.9. The van der Waals surface area contributed by atoms with Crippen LogP contribution in [0.15, 0.2) is 18.2 Å². The molecule has 2 saturated heterocycles. The Bertz CT molecular complexity index is 810. The fourth-order valence-electron chi connectivity index (χ4n) is 3.77. The predicted octanol–water partition coefficient (Wildman–Crippen LogP) is 1.21. The average Bonchev–Trinajstić information content (AvgIpc) is 3.23. The maximum Gasteiger partial charge on any atom is 0.317 e. The van der Waals surface area contributed by atoms with E-state index in [-0.39, 0.29) is 24.4 Å². The van der Waals surface area contributed by atoms with Crippen LogP contribution in [0.4, 0.5) is 4.79 Å². The van der Waals surface area contributed by atoms with Crippen molar-refractivity contribution in [3.8, 4) is 11.5 Å². The molecule has 10 heteroatoms. The summed E-state index contributed by atoms with van der Waals surface area (Å²) in [6, 6.07) is 5.19. The number of carbonyl (C=O) groups is 1. The first-order chi connectivity index (χ1) is 14.0. The Labute approximate surface area is 171 Å². The molecule has 0 aliphatic carbocycles. The van der Waals surface area contributed by atoms with Gasteiger partial charge in [-0.3, -0.25) is 0 Å². The standard InChI is InChI=1S/C19H29N3O6S/c1-26-15-5-6-16(18(14-15)27-2)17-4-3-8-22(17)19(23)20-7-13-29(24,25)21-9-11-28-12-10-21/h5-6,14,17H,3-4,7-13H2,1-2H3,(H,20,23). The van der Waals surface area contributed by atoms with E-state index >= 15 is 0 Å². The zero-order chi connectivity index (χ0) is 20.9. The van der Waals surface area contributed by atoms with Crippen LogP contribution in [-0.2, 0) is 14.8 Å². The number of sulfonamides is 1. The number of hydrogen-bond donors (Lipinski definition) is 1. The van der Waals surface area contributed by atoms with Crippen molar-refractivity contribution in [2.75, 3.05) is 59.4 Å². The molecular formula is C19H29N3O6S. The van der Waals surface area contributed by atoms with Crippen molar-refractivity contribution in [2.24, 2.45) is 0 Å². The SMILES string of the molecule is COc1ccc(C2CCCN2C(=O)NCCS(=O)(=O)N2CCOCC2)c(OC)c1. The predicted molar refractivity (Wildman–Crippen MR) is 108 cm³/mol. The summed E-state index contributed by atoms with van der Waals surface area (Å²) < 4.78 is 42.1. The molecular weight excluding hydrogens is 398 g/mol. The van der Waals surface area contributed by atoms with Gasteiger partial charge in [0, 0.05) is 37.8 Å². The van der Waals surface area contributed by atoms with Crippen molar-refractivity contribution in [1.82, 2.24) is 14.5 Å². The first-order valence-electron chi connectivity index (χ1n) is 9.78. The molecule has 0 aromatic heterocycles. The largest absolute Gasteiger partial charge is 0.497 e. The number of rotatable bonds is 7. The topological polar surface area (TPSA) is 97.4 Å². The molecule has 2 aliphatic heterocycles. The second kappa shape index (κ2) is 9.64. The van der Waals surface area contributed by atoms with Gasteiger partial charge in [0.1, 0.15) is 11.5 Å². The molecule has 2 fully saturated rings. The first kappa shape index (κ1) is 21.7. The minimum absolute atomic E-state index is 0.0709. The summed E-state index contributed by atoms with van der Waals surface area (Å²) >= 11 is 0. The van der Waals surface area contributed by atoms with Gasteiger partial charge in [0.15, 0.2) is 0 Å². The number of hydrogen-bond acceptors (Lipinski definition) is 6. The van der Waals surface area contributed by atoms with E-state index < -0.39 is 10.0 Å². The summed E-state index contributed by atoms with van der Waals surface area (Å²) in [6.07, 6.45) is 1.70. The number of likely N-dealkylation sites (tertiary alicyclic amines) is 1. The van der Waals surface area contributed by atoms with Gasteiger partial charge in [-0.25, -0.2) is 13.2 Å². The minimum atomic E-state index is -3.40. The monoisotopic (exact) mass is 427 g/mol. The van der Waals surface area contributed by atoms with Crippen molar-refractivity contribution in [3.63, 3.8) is 0 Å². The third kappa shape index (κ3) is 5.12. The summed E-state index contributed by atoms with van der Waals surface area (Å²) in [7, 11) is -0.217. The van der Waals surface area contributed by atoms with Gasteiger partial charge in [-0.15, -0.1) is 0 Å². The summed E-state index contributed by atoms with van der Waals surface area (Å²) in [5.74, 6) is 1.24. The number of benzene rings is 1. The zero-order valence-corrected chi connectivity index (χ0v) is 17.7. The number of ether oxygens (including phenoxy) is 3. The van der Waals surface area contributed by atoms with Crippen molar-refractivity contribution in [3.05, 3.63) is 23.8 Å². The van der Waals surface area contributed by atoms with Crippen LogP contribution >= 0.6 is 0 Å². The molecule has 0 bridgehead atoms. The smallest absolute Gasteiger partial charge is 0.317 e. The normalized spacial score (nSPS) is 20.5. The van der Waals surface area contributed by atoms with Crippen molar-refractivity contribution in [1.29, 1.82) is 0 Å². The highest BCUT2D eigenvalue weighted by Gasteiger charge is 2.32. The Hall–Kier alpha value is -2.04. The Balaban J connectivity index is 1.60. The van der Waals surface area contributed by atoms with Gasteiger partial charge in [-0.2, -0.15) is 4.31 Å². The number of methoxy groups -OCH3 is 2. The first-order valence-corrected chi connectivity index (χ1v) is 11.4. The third-order valence-electron chi connectivity index (χ3n) is 5.31. The van der Waals surface area contributed by atoms with E-state index in [1.165, 1.54) is 4.31 Å². The van der Waals surface area contributed by atoms with Crippen LogP contribution < -0.4 is 14.8 Å². The molecule has 0 saturated carbocycles. The number of morpholine rings is 1. The van der Waals surface area contributed by atoms with E-state index in [4.69, 9.17) is 14.2 Å². The number of carbonyl (C=O) groups excluding carboxylic acids is 1. The van der Waals surface area contributed by atoms with Crippen LogP contribution in [0, 0.1) is 0 Å². The fraction of sp³-hybridized carbons (Fsp3) is 0.632. The summed E-state index contributed by atoms with van der Waals surface area (Å²) in [5, 5.41) is 2.76. The van der Waals surface area contributed by atoms with Crippen LogP contribution in [0.1, 0.15) is 24.4 Å². The Morgan fingerprint density at radius 2 is 1.97 bits per heavy atom. The van der Waals surface area contributed by atoms with Crippen LogP contribution in [-0.4, -0.2) is 83.0 Å². The Kier molecular flexibility index (Phi) is 7.20. The van der Waals surface area contributed by atoms with Crippen LogP contribution in [0.3, 0.4) is 0 Å². The Morgan fingerprint density at radius 1 is 1.21 bits per heavy atom. The van der Waals surface area contributed by atoms with Gasteiger partial charge in [0.25, 0.3) is 0 Å². The van der Waals surface area contributed by atoms with Gasteiger partial charge >= 0.3 is 6.03 Å². The average molecular weight is 428 g/mol. The van der Waals surface area contributed by atoms with Crippen molar-refractivity contribution >= 4 is 16.1 Å². The molecule has 0 radical (unpaired) electrons. The van der Waals surface area contributed by atoms with E-state index in [1.54, 1.807) is 25.2 Å². The third-order valence-corrected chi connectivity index (χ3v) is 7.18. The lowest BCUT2D eigenvalue weighted by Crippen LogP contribution is -2.45. The van der Waals surface area contributed by atoms with Gasteiger partial charge in [-0.1, -0.05) is 0 Å². The summed E-state index contributed by atoms with van der Waals surface area (Å²) in [5.41, 5.74) is 0.918. The maximum atomic E-state index is 12.7. The molecule has 162 valence electrons. The molecule has 2 amide bonds. The van der Waals surface area contributed by atoms with E-state index in [2.05, 4.69) is 5.32 Å². The van der Waals surface area contributed by atoms with Crippen LogP contribution in [0.5, 0.6) is 11.5 Å². The lowest BCUT2D eigenvalue weighted by Gasteiger charge is -2.28. The quantitative estimate of drug-likeness (QED) is 0.703. The number of amides is 2. The molecule has 1 aromatic rings. The lowest BCUT2D eigenvalue weighted by molar-refractivity contribution is 0.0730. The molecule has 2 heterocycles. The molecule has 0 spiro atoms. The molecule has 1 aromatic carbocycles. The second-order valence-electron chi connectivity index (χ2n) is 7.02. The molecule has 1 atom stereocenters.